The molecule has 3 N–H and O–H groups in total. The van der Waals surface area contributed by atoms with Gasteiger partial charge in [-0.3, -0.25) is 15.1 Å². The number of hydrazine groups is 1. The Kier molecular flexibility index (Phi) is 5.66. The minimum absolute atomic E-state index is 0.123. The Morgan fingerprint density at radius 1 is 1.53 bits per heavy atom. The third kappa shape index (κ3) is 4.08. The van der Waals surface area contributed by atoms with E-state index in [2.05, 4.69) is 5.43 Å². The minimum Gasteiger partial charge on any atom is -0.294 e. The van der Waals surface area contributed by atoms with E-state index in [-0.39, 0.29) is 11.7 Å². The number of amides is 1. The summed E-state index contributed by atoms with van der Waals surface area (Å²) >= 11 is 1.64. The van der Waals surface area contributed by atoms with Crippen molar-refractivity contribution in [3.63, 3.8) is 0 Å². The minimum atomic E-state index is -3.13. The van der Waals surface area contributed by atoms with Crippen LogP contribution in [-0.2, 0) is 14.6 Å². The van der Waals surface area contributed by atoms with Crippen LogP contribution in [0.25, 0.3) is 0 Å². The Hall–Kier alpha value is -0.310. The average Bonchev–Trinajstić information content (AvgIpc) is 2.37. The van der Waals surface area contributed by atoms with Crippen LogP contribution in [0.4, 0.5) is 0 Å². The van der Waals surface area contributed by atoms with Crippen molar-refractivity contribution in [2.75, 3.05) is 30.3 Å². The van der Waals surface area contributed by atoms with E-state index in [1.807, 2.05) is 4.90 Å². The second-order valence-corrected chi connectivity index (χ2v) is 8.91. The molecule has 1 rings (SSSR count). The number of nitrogens with two attached hydrogens (primary N) is 1. The molecule has 1 fully saturated rings. The summed E-state index contributed by atoms with van der Waals surface area (Å²) in [6.45, 7) is 6.26. The summed E-state index contributed by atoms with van der Waals surface area (Å²) in [5.74, 6) is 6.46. The van der Waals surface area contributed by atoms with E-state index < -0.39 is 20.6 Å². The van der Waals surface area contributed by atoms with Gasteiger partial charge in [0.05, 0.1) is 5.41 Å². The zero-order chi connectivity index (χ0) is 14.7. The highest BCUT2D eigenvalue weighted by atomic mass is 32.2. The number of carbonyl (C=O) groups excluding carboxylic acids is 1. The molecule has 0 bridgehead atoms. The van der Waals surface area contributed by atoms with Crippen LogP contribution >= 0.6 is 11.8 Å². The van der Waals surface area contributed by atoms with Crippen LogP contribution in [0.3, 0.4) is 0 Å². The van der Waals surface area contributed by atoms with Crippen molar-refractivity contribution in [2.45, 2.75) is 26.1 Å². The van der Waals surface area contributed by atoms with Crippen molar-refractivity contribution in [3.05, 3.63) is 0 Å². The van der Waals surface area contributed by atoms with Gasteiger partial charge in [-0.25, -0.2) is 14.3 Å². The highest BCUT2D eigenvalue weighted by Crippen LogP contribution is 2.26. The molecule has 0 saturated carbocycles. The largest absolute Gasteiger partial charge is 0.294 e. The number of rotatable bonds is 5. The Morgan fingerprint density at radius 3 is 2.68 bits per heavy atom. The summed E-state index contributed by atoms with van der Waals surface area (Å²) in [5, 5.41) is -0.499. The van der Waals surface area contributed by atoms with Crippen LogP contribution in [-0.4, -0.2) is 54.9 Å². The number of nitrogens with zero attached hydrogens (tertiary/aromatic N) is 1. The lowest BCUT2D eigenvalue weighted by atomic mass is 9.92. The lowest BCUT2D eigenvalue weighted by Gasteiger charge is -2.38. The van der Waals surface area contributed by atoms with Crippen molar-refractivity contribution >= 4 is 27.5 Å². The predicted octanol–water partition coefficient (Wildman–Crippen LogP) is -0.188. The molecule has 19 heavy (non-hydrogen) atoms. The summed E-state index contributed by atoms with van der Waals surface area (Å²) in [6.07, 6.45) is 0. The maximum Gasteiger partial charge on any atom is 0.240 e. The van der Waals surface area contributed by atoms with Gasteiger partial charge in [0.1, 0.15) is 5.37 Å². The van der Waals surface area contributed by atoms with Crippen molar-refractivity contribution in [3.8, 4) is 0 Å². The molecule has 1 heterocycles. The van der Waals surface area contributed by atoms with E-state index >= 15 is 0 Å². The molecule has 1 aliphatic rings. The van der Waals surface area contributed by atoms with Gasteiger partial charge in [0.15, 0.2) is 9.84 Å². The van der Waals surface area contributed by atoms with E-state index in [1.165, 1.54) is 0 Å². The van der Waals surface area contributed by atoms with Gasteiger partial charge in [-0.2, -0.15) is 11.8 Å². The summed E-state index contributed by atoms with van der Waals surface area (Å²) in [7, 11) is -3.13. The van der Waals surface area contributed by atoms with E-state index in [0.717, 1.165) is 5.75 Å². The Morgan fingerprint density at radius 2 is 2.16 bits per heavy atom. The number of thioether (sulfide) groups is 1. The van der Waals surface area contributed by atoms with E-state index in [4.69, 9.17) is 5.84 Å². The predicted molar refractivity (Wildman–Crippen MR) is 78.3 cm³/mol. The summed E-state index contributed by atoms with van der Waals surface area (Å²) in [4.78, 5) is 13.6. The molecule has 1 unspecified atom stereocenters. The van der Waals surface area contributed by atoms with Crippen molar-refractivity contribution in [2.24, 2.45) is 11.3 Å². The molecule has 1 saturated heterocycles. The molecule has 0 aromatic heterocycles. The van der Waals surface area contributed by atoms with Gasteiger partial charge >= 0.3 is 0 Å². The van der Waals surface area contributed by atoms with Crippen LogP contribution < -0.4 is 11.3 Å². The van der Waals surface area contributed by atoms with Gasteiger partial charge in [0.25, 0.3) is 0 Å². The maximum absolute atomic E-state index is 12.1. The molecule has 0 aliphatic carbocycles. The first-order valence-corrected chi connectivity index (χ1v) is 9.16. The second-order valence-electron chi connectivity index (χ2n) is 5.31. The van der Waals surface area contributed by atoms with Crippen molar-refractivity contribution in [1.82, 2.24) is 10.3 Å². The SMILES string of the molecule is CCS(=O)(=O)C1CSCCN1CC(C)(C)C(=O)NN. The van der Waals surface area contributed by atoms with Gasteiger partial charge < -0.3 is 0 Å². The van der Waals surface area contributed by atoms with Crippen LogP contribution in [0.5, 0.6) is 0 Å². The number of hydrogen-bond acceptors (Lipinski definition) is 6. The molecule has 8 heteroatoms. The molecule has 0 spiro atoms. The molecule has 1 amide bonds. The zero-order valence-corrected chi connectivity index (χ0v) is 13.3. The number of nitrogens with one attached hydrogen (secondary N) is 1. The molecule has 1 atom stereocenters. The molecular formula is C11H23N3O3S2. The third-order valence-electron chi connectivity index (χ3n) is 3.35. The first-order chi connectivity index (χ1) is 8.74. The third-order valence-corrected chi connectivity index (χ3v) is 6.68. The lowest BCUT2D eigenvalue weighted by Crippen LogP contribution is -2.54. The zero-order valence-electron chi connectivity index (χ0n) is 11.7. The Balaban J connectivity index is 2.87. The first kappa shape index (κ1) is 16.7. The first-order valence-electron chi connectivity index (χ1n) is 6.29. The molecule has 0 aromatic rings. The number of sulfone groups is 1. The average molecular weight is 309 g/mol. The highest BCUT2D eigenvalue weighted by molar-refractivity contribution is 8.01. The molecule has 112 valence electrons. The van der Waals surface area contributed by atoms with Gasteiger partial charge in [-0.15, -0.1) is 0 Å². The standard InChI is InChI=1S/C11H23N3O3S2/c1-4-19(16,17)9-7-18-6-5-14(9)8-11(2,3)10(15)13-12/h9H,4-8,12H2,1-3H3,(H,13,15). The molecule has 6 nitrogen and oxygen atoms in total. The monoisotopic (exact) mass is 309 g/mol. The van der Waals surface area contributed by atoms with Crippen LogP contribution in [0, 0.1) is 5.41 Å². The highest BCUT2D eigenvalue weighted by Gasteiger charge is 2.38. The quantitative estimate of drug-likeness (QED) is 0.415. The molecule has 0 aromatic carbocycles. The van der Waals surface area contributed by atoms with Crippen LogP contribution in [0.2, 0.25) is 0 Å². The molecule has 1 aliphatic heterocycles. The fourth-order valence-corrected chi connectivity index (χ4v) is 5.17. The second kappa shape index (κ2) is 6.43. The fraction of sp³-hybridized carbons (Fsp3) is 0.909. The van der Waals surface area contributed by atoms with E-state index in [1.54, 1.807) is 32.5 Å². The van der Waals surface area contributed by atoms with E-state index in [0.29, 0.717) is 18.8 Å². The maximum atomic E-state index is 12.1. The van der Waals surface area contributed by atoms with Crippen molar-refractivity contribution < 1.29 is 13.2 Å². The van der Waals surface area contributed by atoms with Gasteiger partial charge in [-0.1, -0.05) is 6.92 Å². The van der Waals surface area contributed by atoms with Crippen LogP contribution in [0.15, 0.2) is 0 Å². The molecular weight excluding hydrogens is 286 g/mol. The fourth-order valence-electron chi connectivity index (χ4n) is 2.09. The smallest absolute Gasteiger partial charge is 0.240 e. The van der Waals surface area contributed by atoms with Gasteiger partial charge in [-0.05, 0) is 13.8 Å². The van der Waals surface area contributed by atoms with Gasteiger partial charge in [0.2, 0.25) is 5.91 Å². The van der Waals surface area contributed by atoms with E-state index in [9.17, 15) is 13.2 Å². The summed E-state index contributed by atoms with van der Waals surface area (Å²) in [6, 6.07) is 0. The normalized spacial score (nSPS) is 22.2. The number of hydrogen-bond donors (Lipinski definition) is 2. The summed E-state index contributed by atoms with van der Waals surface area (Å²) in [5.41, 5.74) is 1.43. The lowest BCUT2D eigenvalue weighted by molar-refractivity contribution is -0.130. The van der Waals surface area contributed by atoms with Crippen LogP contribution in [0.1, 0.15) is 20.8 Å². The Bertz CT molecular complexity index is 423. The molecule has 0 radical (unpaired) electrons. The Labute approximate surface area is 119 Å². The summed E-state index contributed by atoms with van der Waals surface area (Å²) < 4.78 is 24.2. The van der Waals surface area contributed by atoms with Crippen molar-refractivity contribution in [1.29, 1.82) is 0 Å². The topological polar surface area (TPSA) is 92.5 Å². The van der Waals surface area contributed by atoms with Gasteiger partial charge in [0, 0.05) is 30.3 Å². The number of carbonyl (C=O) groups is 1.